The van der Waals surface area contributed by atoms with Gasteiger partial charge in [0.15, 0.2) is 0 Å². The second-order valence-corrected chi connectivity index (χ2v) is 6.68. The summed E-state index contributed by atoms with van der Waals surface area (Å²) < 4.78 is 0. The molecule has 3 rings (SSSR count). The monoisotopic (exact) mass is 291 g/mol. The van der Waals surface area contributed by atoms with Crippen LogP contribution < -0.4 is 5.32 Å². The number of carbonyl (C=O) groups is 2. The second-order valence-electron chi connectivity index (χ2n) is 4.56. The molecule has 1 aliphatic rings. The molecular weight excluding hydrogens is 278 g/mol. The van der Waals surface area contributed by atoms with Gasteiger partial charge in [0.25, 0.3) is 0 Å². The maximum absolute atomic E-state index is 12.1. The molecule has 2 aromatic rings. The van der Waals surface area contributed by atoms with Crippen LogP contribution in [0.2, 0.25) is 0 Å². The molecule has 0 atom stereocenters. The molecule has 0 spiro atoms. The lowest BCUT2D eigenvalue weighted by atomic mass is 10.3. The lowest BCUT2D eigenvalue weighted by Gasteiger charge is -2.00. The Hall–Kier alpha value is -1.46. The summed E-state index contributed by atoms with van der Waals surface area (Å²) >= 11 is 2.91. The third kappa shape index (κ3) is 2.93. The Morgan fingerprint density at radius 3 is 2.74 bits per heavy atom. The standard InChI is InChI=1S/C14H13NO2S2/c16-13(11-2-1-7-18-11)12-6-5-10(19-12)8-15-14(17)9-3-4-9/h1-2,5-7,9H,3-4,8H2,(H,15,17). The lowest BCUT2D eigenvalue weighted by Crippen LogP contribution is -2.23. The van der Waals surface area contributed by atoms with Gasteiger partial charge in [-0.05, 0) is 36.4 Å². The number of thiophene rings is 2. The average molecular weight is 291 g/mol. The summed E-state index contributed by atoms with van der Waals surface area (Å²) in [6.07, 6.45) is 2.02. The fourth-order valence-corrected chi connectivity index (χ4v) is 3.43. The highest BCUT2D eigenvalue weighted by molar-refractivity contribution is 7.16. The van der Waals surface area contributed by atoms with Gasteiger partial charge in [-0.25, -0.2) is 0 Å². The van der Waals surface area contributed by atoms with Gasteiger partial charge in [0, 0.05) is 10.8 Å². The summed E-state index contributed by atoms with van der Waals surface area (Å²) in [6.45, 7) is 0.526. The van der Waals surface area contributed by atoms with Crippen molar-refractivity contribution in [3.05, 3.63) is 44.3 Å². The van der Waals surface area contributed by atoms with E-state index in [-0.39, 0.29) is 17.6 Å². The Kier molecular flexibility index (Phi) is 3.48. The molecule has 3 nitrogen and oxygen atoms in total. The van der Waals surface area contributed by atoms with E-state index in [2.05, 4.69) is 5.32 Å². The highest BCUT2D eigenvalue weighted by atomic mass is 32.1. The smallest absolute Gasteiger partial charge is 0.223 e. The molecule has 19 heavy (non-hydrogen) atoms. The van der Waals surface area contributed by atoms with Crippen molar-refractivity contribution in [3.63, 3.8) is 0 Å². The first-order valence-electron chi connectivity index (χ1n) is 6.18. The van der Waals surface area contributed by atoms with Crippen LogP contribution in [0.1, 0.15) is 32.3 Å². The topological polar surface area (TPSA) is 46.2 Å². The van der Waals surface area contributed by atoms with Crippen molar-refractivity contribution >= 4 is 34.4 Å². The summed E-state index contributed by atoms with van der Waals surface area (Å²) in [5, 5.41) is 4.81. The molecule has 2 heterocycles. The quantitative estimate of drug-likeness (QED) is 0.861. The van der Waals surface area contributed by atoms with Gasteiger partial charge in [-0.2, -0.15) is 0 Å². The maximum Gasteiger partial charge on any atom is 0.223 e. The fraction of sp³-hybridized carbons (Fsp3) is 0.286. The third-order valence-corrected chi connectivity index (χ3v) is 4.97. The van der Waals surface area contributed by atoms with E-state index in [9.17, 15) is 9.59 Å². The van der Waals surface area contributed by atoms with E-state index in [1.165, 1.54) is 22.7 Å². The number of rotatable bonds is 5. The van der Waals surface area contributed by atoms with Crippen molar-refractivity contribution in [2.45, 2.75) is 19.4 Å². The van der Waals surface area contributed by atoms with Gasteiger partial charge in [0.05, 0.1) is 16.3 Å². The number of amides is 1. The van der Waals surface area contributed by atoms with E-state index in [1.807, 2.05) is 29.6 Å². The summed E-state index contributed by atoms with van der Waals surface area (Å²) in [7, 11) is 0. The van der Waals surface area contributed by atoms with Crippen molar-refractivity contribution in [3.8, 4) is 0 Å². The summed E-state index contributed by atoms with van der Waals surface area (Å²) in [4.78, 5) is 26.2. The normalized spacial score (nSPS) is 14.3. The molecule has 5 heteroatoms. The Labute approximate surface area is 119 Å². The van der Waals surface area contributed by atoms with Crippen LogP contribution in [0.3, 0.4) is 0 Å². The van der Waals surface area contributed by atoms with E-state index in [0.717, 1.165) is 27.5 Å². The zero-order valence-electron chi connectivity index (χ0n) is 10.2. The van der Waals surface area contributed by atoms with Crippen molar-refractivity contribution in [1.29, 1.82) is 0 Å². The number of carbonyl (C=O) groups excluding carboxylic acids is 2. The van der Waals surface area contributed by atoms with Gasteiger partial charge in [-0.3, -0.25) is 9.59 Å². The first kappa shape index (κ1) is 12.6. The van der Waals surface area contributed by atoms with E-state index >= 15 is 0 Å². The minimum atomic E-state index is 0.0692. The number of ketones is 1. The molecule has 2 aromatic heterocycles. The maximum atomic E-state index is 12.1. The van der Waals surface area contributed by atoms with Gasteiger partial charge in [0.2, 0.25) is 11.7 Å². The largest absolute Gasteiger partial charge is 0.351 e. The highest BCUT2D eigenvalue weighted by Gasteiger charge is 2.29. The first-order valence-corrected chi connectivity index (χ1v) is 7.88. The molecule has 1 N–H and O–H groups in total. The summed E-state index contributed by atoms with van der Waals surface area (Å²) in [5.74, 6) is 0.437. The van der Waals surface area contributed by atoms with Crippen LogP contribution in [-0.2, 0) is 11.3 Å². The highest BCUT2D eigenvalue weighted by Crippen LogP contribution is 2.29. The van der Waals surface area contributed by atoms with Crippen molar-refractivity contribution in [2.75, 3.05) is 0 Å². The third-order valence-electron chi connectivity index (χ3n) is 3.02. The molecule has 0 saturated heterocycles. The molecule has 1 saturated carbocycles. The van der Waals surface area contributed by atoms with Crippen molar-refractivity contribution in [1.82, 2.24) is 5.32 Å². The molecule has 98 valence electrons. The predicted molar refractivity (Wildman–Crippen MR) is 76.6 cm³/mol. The first-order chi connectivity index (χ1) is 9.24. The lowest BCUT2D eigenvalue weighted by molar-refractivity contribution is -0.122. The van der Waals surface area contributed by atoms with Crippen LogP contribution in [0, 0.1) is 5.92 Å². The van der Waals surface area contributed by atoms with Crippen LogP contribution in [0.25, 0.3) is 0 Å². The Bertz CT molecular complexity index is 597. The molecule has 0 radical (unpaired) electrons. The van der Waals surface area contributed by atoms with Crippen LogP contribution in [0.5, 0.6) is 0 Å². The van der Waals surface area contributed by atoms with E-state index in [1.54, 1.807) is 0 Å². The predicted octanol–water partition coefficient (Wildman–Crippen LogP) is 3.07. The van der Waals surface area contributed by atoms with Crippen LogP contribution in [-0.4, -0.2) is 11.7 Å². The summed E-state index contributed by atoms with van der Waals surface area (Å²) in [5.41, 5.74) is 0. The van der Waals surface area contributed by atoms with Crippen LogP contribution in [0.4, 0.5) is 0 Å². The molecule has 0 aliphatic heterocycles. The zero-order valence-corrected chi connectivity index (χ0v) is 11.9. The van der Waals surface area contributed by atoms with Crippen molar-refractivity contribution in [2.24, 2.45) is 5.92 Å². The van der Waals surface area contributed by atoms with Gasteiger partial charge in [-0.15, -0.1) is 22.7 Å². The molecule has 0 bridgehead atoms. The summed E-state index contributed by atoms with van der Waals surface area (Å²) in [6, 6.07) is 7.47. The van der Waals surface area contributed by atoms with Crippen LogP contribution >= 0.6 is 22.7 Å². The Morgan fingerprint density at radius 2 is 2.05 bits per heavy atom. The zero-order chi connectivity index (χ0) is 13.2. The fourth-order valence-electron chi connectivity index (χ4n) is 1.79. The minimum absolute atomic E-state index is 0.0692. The molecule has 1 amide bonds. The molecule has 1 aliphatic carbocycles. The molecule has 0 unspecified atom stereocenters. The van der Waals surface area contributed by atoms with E-state index in [0.29, 0.717) is 6.54 Å². The van der Waals surface area contributed by atoms with Crippen LogP contribution in [0.15, 0.2) is 29.6 Å². The number of hydrogen-bond acceptors (Lipinski definition) is 4. The average Bonchev–Trinajstić information content (AvgIpc) is 2.95. The number of hydrogen-bond donors (Lipinski definition) is 1. The minimum Gasteiger partial charge on any atom is -0.351 e. The van der Waals surface area contributed by atoms with Gasteiger partial charge in [-0.1, -0.05) is 6.07 Å². The van der Waals surface area contributed by atoms with E-state index < -0.39 is 0 Å². The molecule has 0 aromatic carbocycles. The van der Waals surface area contributed by atoms with E-state index in [4.69, 9.17) is 0 Å². The van der Waals surface area contributed by atoms with Crippen molar-refractivity contribution < 1.29 is 9.59 Å². The molecule has 1 fully saturated rings. The van der Waals surface area contributed by atoms with Gasteiger partial charge in [0.1, 0.15) is 0 Å². The van der Waals surface area contributed by atoms with Gasteiger partial charge < -0.3 is 5.32 Å². The molecular formula is C14H13NO2S2. The number of nitrogens with one attached hydrogen (secondary N) is 1. The Balaban J connectivity index is 1.62. The second kappa shape index (κ2) is 5.27. The SMILES string of the molecule is O=C(c1cccs1)c1ccc(CNC(=O)C2CC2)s1. The van der Waals surface area contributed by atoms with Gasteiger partial charge >= 0.3 is 0 Å². The Morgan fingerprint density at radius 1 is 1.21 bits per heavy atom.